The van der Waals surface area contributed by atoms with E-state index in [9.17, 15) is 23.1 Å². The van der Waals surface area contributed by atoms with Gasteiger partial charge in [0, 0.05) is 19.7 Å². The lowest BCUT2D eigenvalue weighted by Gasteiger charge is -2.05. The molecule has 0 atom stereocenters. The number of fused-ring (bicyclic) bond motifs is 1. The zero-order valence-electron chi connectivity index (χ0n) is 14.4. The highest BCUT2D eigenvalue weighted by molar-refractivity contribution is 7.89. The second-order valence-electron chi connectivity index (χ2n) is 5.76. The van der Waals surface area contributed by atoms with Crippen LogP contribution in [0, 0.1) is 11.8 Å². The Hall–Kier alpha value is -3.36. The Labute approximate surface area is 153 Å². The van der Waals surface area contributed by atoms with E-state index in [1.54, 1.807) is 12.1 Å². The van der Waals surface area contributed by atoms with Crippen molar-refractivity contribution in [2.24, 2.45) is 19.2 Å². The van der Waals surface area contributed by atoms with Gasteiger partial charge in [-0.05, 0) is 18.2 Å². The monoisotopic (exact) mass is 389 g/mol. The largest absolute Gasteiger partial charge is 0.508 e. The third-order valence-electron chi connectivity index (χ3n) is 3.89. The summed E-state index contributed by atoms with van der Waals surface area (Å²) in [5.41, 5.74) is -1.08. The lowest BCUT2D eigenvalue weighted by Crippen LogP contribution is -2.38. The van der Waals surface area contributed by atoms with Gasteiger partial charge in [0.25, 0.3) is 15.6 Å². The molecule has 0 spiro atoms. The van der Waals surface area contributed by atoms with E-state index < -0.39 is 26.4 Å². The molecule has 10 nitrogen and oxygen atoms in total. The number of rotatable bonds is 2. The molecule has 11 heteroatoms. The molecule has 27 heavy (non-hydrogen) atoms. The second kappa shape index (κ2) is 6.42. The summed E-state index contributed by atoms with van der Waals surface area (Å²) >= 11 is 0. The summed E-state index contributed by atoms with van der Waals surface area (Å²) in [4.78, 5) is 28.7. The Bertz CT molecular complexity index is 1350. The lowest BCUT2D eigenvalue weighted by molar-refractivity contribution is 0.475. The number of aromatic nitrogens is 4. The molecule has 0 aliphatic heterocycles. The summed E-state index contributed by atoms with van der Waals surface area (Å²) < 4.78 is 26.3. The fourth-order valence-electron chi connectivity index (χ4n) is 2.61. The van der Waals surface area contributed by atoms with Gasteiger partial charge in [-0.15, -0.1) is 0 Å². The van der Waals surface area contributed by atoms with Gasteiger partial charge >= 0.3 is 5.69 Å². The maximum absolute atomic E-state index is 12.5. The second-order valence-corrected chi connectivity index (χ2v) is 7.21. The summed E-state index contributed by atoms with van der Waals surface area (Å²) in [7, 11) is -1.60. The van der Waals surface area contributed by atoms with E-state index in [2.05, 4.69) is 16.8 Å². The number of aryl methyl sites for hydroxylation is 1. The minimum atomic E-state index is -4.20. The van der Waals surface area contributed by atoms with Crippen LogP contribution in [0.4, 0.5) is 0 Å². The van der Waals surface area contributed by atoms with Crippen LogP contribution in [-0.2, 0) is 30.7 Å². The Balaban J connectivity index is 2.22. The summed E-state index contributed by atoms with van der Waals surface area (Å²) in [5.74, 6) is 5.57. The van der Waals surface area contributed by atoms with E-state index in [4.69, 9.17) is 5.14 Å². The fraction of sp³-hybridized carbons (Fsp3) is 0.188. The molecule has 0 aliphatic rings. The summed E-state index contributed by atoms with van der Waals surface area (Å²) in [6, 6.07) is 6.24. The molecule has 2 aromatic heterocycles. The smallest absolute Gasteiger partial charge is 0.333 e. The van der Waals surface area contributed by atoms with Crippen molar-refractivity contribution in [1.29, 1.82) is 0 Å². The number of nitrogens with two attached hydrogens (primary N) is 1. The third-order valence-corrected chi connectivity index (χ3v) is 4.76. The molecule has 0 amide bonds. The Morgan fingerprint density at radius 3 is 2.56 bits per heavy atom. The highest BCUT2D eigenvalue weighted by Crippen LogP contribution is 2.13. The van der Waals surface area contributed by atoms with Gasteiger partial charge in [-0.2, -0.15) is 4.98 Å². The molecule has 0 saturated heterocycles. The topological polar surface area (TPSA) is 142 Å². The molecule has 3 rings (SSSR count). The minimum Gasteiger partial charge on any atom is -0.508 e. The first kappa shape index (κ1) is 18.4. The maximum Gasteiger partial charge on any atom is 0.333 e. The highest BCUT2D eigenvalue weighted by atomic mass is 32.2. The first-order valence-electron chi connectivity index (χ1n) is 7.58. The first-order chi connectivity index (χ1) is 12.6. The molecule has 140 valence electrons. The first-order valence-corrected chi connectivity index (χ1v) is 9.13. The third kappa shape index (κ3) is 3.23. The van der Waals surface area contributed by atoms with E-state index in [1.807, 2.05) is 0 Å². The van der Waals surface area contributed by atoms with Crippen molar-refractivity contribution < 1.29 is 13.5 Å². The molecule has 3 aromatic rings. The predicted octanol–water partition coefficient (Wildman–Crippen LogP) is -1.16. The van der Waals surface area contributed by atoms with Gasteiger partial charge < -0.3 is 9.67 Å². The van der Waals surface area contributed by atoms with Gasteiger partial charge in [-0.25, -0.2) is 18.4 Å². The van der Waals surface area contributed by atoms with Crippen molar-refractivity contribution in [2.75, 3.05) is 0 Å². The van der Waals surface area contributed by atoms with Gasteiger partial charge in [0.2, 0.25) is 5.16 Å². The number of benzene rings is 1. The normalized spacial score (nSPS) is 11.4. The number of aromatic hydroxyl groups is 1. The van der Waals surface area contributed by atoms with E-state index in [0.717, 1.165) is 13.7 Å². The van der Waals surface area contributed by atoms with E-state index in [-0.39, 0.29) is 23.5 Å². The number of phenolic OH excluding ortho intramolecular Hbond substituents is 1. The minimum absolute atomic E-state index is 0.0472. The number of imidazole rings is 1. The van der Waals surface area contributed by atoms with Crippen LogP contribution in [0.2, 0.25) is 0 Å². The van der Waals surface area contributed by atoms with Crippen molar-refractivity contribution in [3.8, 4) is 17.6 Å². The molecule has 0 bridgehead atoms. The van der Waals surface area contributed by atoms with Crippen molar-refractivity contribution >= 4 is 21.2 Å². The zero-order chi connectivity index (χ0) is 19.9. The fourth-order valence-corrected chi connectivity index (χ4v) is 3.30. The molecule has 2 heterocycles. The van der Waals surface area contributed by atoms with Gasteiger partial charge in [0.05, 0.1) is 6.54 Å². The number of primary sulfonamides is 1. The van der Waals surface area contributed by atoms with Crippen molar-refractivity contribution in [3.63, 3.8) is 0 Å². The predicted molar refractivity (Wildman–Crippen MR) is 96.6 cm³/mol. The van der Waals surface area contributed by atoms with Crippen molar-refractivity contribution in [3.05, 3.63) is 50.7 Å². The Morgan fingerprint density at radius 2 is 1.93 bits per heavy atom. The van der Waals surface area contributed by atoms with Crippen LogP contribution in [0.3, 0.4) is 0 Å². The number of phenols is 1. The van der Waals surface area contributed by atoms with E-state index >= 15 is 0 Å². The Morgan fingerprint density at radius 1 is 1.22 bits per heavy atom. The molecular weight excluding hydrogens is 374 g/mol. The van der Waals surface area contributed by atoms with Crippen LogP contribution < -0.4 is 16.4 Å². The summed E-state index contributed by atoms with van der Waals surface area (Å²) in [5, 5.41) is 14.0. The molecule has 0 saturated carbocycles. The average molecular weight is 389 g/mol. The van der Waals surface area contributed by atoms with Crippen LogP contribution in [-0.4, -0.2) is 32.2 Å². The number of hydrogen-bond acceptors (Lipinski definition) is 6. The van der Waals surface area contributed by atoms with Gasteiger partial charge in [-0.1, -0.05) is 17.9 Å². The van der Waals surface area contributed by atoms with E-state index in [1.165, 1.54) is 26.2 Å². The molecule has 0 aliphatic carbocycles. The number of sulfonamides is 1. The van der Waals surface area contributed by atoms with Crippen LogP contribution in [0.15, 0.2) is 39.0 Å². The molecule has 3 N–H and O–H groups in total. The molecule has 0 fully saturated rings. The van der Waals surface area contributed by atoms with Crippen LogP contribution in [0.25, 0.3) is 11.2 Å². The highest BCUT2D eigenvalue weighted by Gasteiger charge is 2.23. The quantitative estimate of drug-likeness (QED) is 0.529. The number of hydrogen-bond donors (Lipinski definition) is 2. The number of nitrogens with zero attached hydrogens (tertiary/aromatic N) is 4. The van der Waals surface area contributed by atoms with E-state index in [0.29, 0.717) is 5.56 Å². The molecular formula is C16H15N5O5S. The molecule has 1 aromatic carbocycles. The van der Waals surface area contributed by atoms with Crippen molar-refractivity contribution in [1.82, 2.24) is 18.7 Å². The van der Waals surface area contributed by atoms with Gasteiger partial charge in [0.1, 0.15) is 5.75 Å². The standard InChI is InChI=1S/C16H15N5O5S/c1-19-12-13(18-15(19)27(17,25)26)21(16(24)20(2)14(12)23)8-4-6-10-5-3-7-11(22)9-10/h3,5,7,9,22H,8H2,1-2H3,(H2,17,25,26). The molecule has 0 radical (unpaired) electrons. The van der Waals surface area contributed by atoms with Crippen LogP contribution in [0.1, 0.15) is 5.56 Å². The summed E-state index contributed by atoms with van der Waals surface area (Å²) in [6.45, 7) is -0.153. The lowest BCUT2D eigenvalue weighted by atomic mass is 10.2. The molecule has 0 unspecified atom stereocenters. The zero-order valence-corrected chi connectivity index (χ0v) is 15.2. The van der Waals surface area contributed by atoms with Gasteiger partial charge in [-0.3, -0.25) is 13.9 Å². The van der Waals surface area contributed by atoms with Crippen molar-refractivity contribution in [2.45, 2.75) is 11.7 Å². The van der Waals surface area contributed by atoms with Gasteiger partial charge in [0.15, 0.2) is 11.2 Å². The maximum atomic E-state index is 12.5. The average Bonchev–Trinajstić information content (AvgIpc) is 2.93. The Kier molecular flexibility index (Phi) is 4.38. The summed E-state index contributed by atoms with van der Waals surface area (Å²) in [6.07, 6.45) is 0. The SMILES string of the molecule is Cn1c(=O)c2c(nc(S(N)(=O)=O)n2C)n(CC#Cc2cccc(O)c2)c1=O. The van der Waals surface area contributed by atoms with Crippen LogP contribution >= 0.6 is 0 Å². The van der Waals surface area contributed by atoms with Crippen LogP contribution in [0.5, 0.6) is 5.75 Å².